The molecule has 0 heterocycles. The highest BCUT2D eigenvalue weighted by atomic mass is 19.1. The van der Waals surface area contributed by atoms with Crippen LogP contribution in [0.25, 0.3) is 0 Å². The van der Waals surface area contributed by atoms with Crippen LogP contribution >= 0.6 is 0 Å². The normalized spacial score (nSPS) is 27.9. The smallest absolute Gasteiger partial charge is 0.119 e. The summed E-state index contributed by atoms with van der Waals surface area (Å²) in [5, 5.41) is 0. The number of benzene rings is 1. The largest absolute Gasteiger partial charge is 0.494 e. The van der Waals surface area contributed by atoms with E-state index in [2.05, 4.69) is 31.2 Å². The maximum atomic E-state index is 12.1. The van der Waals surface area contributed by atoms with Gasteiger partial charge >= 0.3 is 0 Å². The van der Waals surface area contributed by atoms with Crippen molar-refractivity contribution in [1.29, 1.82) is 0 Å². The number of ether oxygens (including phenoxy) is 1. The zero-order valence-corrected chi connectivity index (χ0v) is 18.5. The lowest BCUT2D eigenvalue weighted by atomic mass is 9.68. The second-order valence-corrected chi connectivity index (χ2v) is 9.46. The van der Waals surface area contributed by atoms with E-state index in [4.69, 9.17) is 4.74 Å². The van der Waals surface area contributed by atoms with Crippen LogP contribution in [0.5, 0.6) is 5.75 Å². The Balaban J connectivity index is 1.37. The van der Waals surface area contributed by atoms with Gasteiger partial charge in [0.25, 0.3) is 0 Å². The van der Waals surface area contributed by atoms with Crippen molar-refractivity contribution in [2.75, 3.05) is 6.61 Å². The summed E-state index contributed by atoms with van der Waals surface area (Å²) < 4.78 is 18.0. The summed E-state index contributed by atoms with van der Waals surface area (Å²) in [6.45, 7) is 3.07. The lowest BCUT2D eigenvalue weighted by Gasteiger charge is -2.38. The number of hydrogen-bond acceptors (Lipinski definition) is 1. The molecule has 0 aromatic heterocycles. The van der Waals surface area contributed by atoms with Crippen molar-refractivity contribution in [3.63, 3.8) is 0 Å². The number of rotatable bonds is 10. The number of hydrogen-bond donors (Lipinski definition) is 0. The molecule has 1 aromatic carbocycles. The van der Waals surface area contributed by atoms with Gasteiger partial charge < -0.3 is 4.74 Å². The van der Waals surface area contributed by atoms with Crippen molar-refractivity contribution < 1.29 is 9.13 Å². The van der Waals surface area contributed by atoms with Gasteiger partial charge in [0.05, 0.1) is 12.9 Å². The fourth-order valence-electron chi connectivity index (χ4n) is 5.65. The Morgan fingerprint density at radius 3 is 2.17 bits per heavy atom. The predicted octanol–water partition coefficient (Wildman–Crippen LogP) is 8.60. The second-order valence-electron chi connectivity index (χ2n) is 9.46. The maximum absolute atomic E-state index is 12.1. The predicted molar refractivity (Wildman–Crippen MR) is 121 cm³/mol. The lowest BCUT2D eigenvalue weighted by molar-refractivity contribution is 0.157. The number of unbranched alkanes of at least 4 members (excludes halogenated alkanes) is 2. The molecule has 0 radical (unpaired) electrons. The van der Waals surface area contributed by atoms with Gasteiger partial charge in [-0.05, 0) is 99.2 Å². The van der Waals surface area contributed by atoms with Crippen LogP contribution < -0.4 is 4.74 Å². The topological polar surface area (TPSA) is 9.23 Å². The summed E-state index contributed by atoms with van der Waals surface area (Å²) in [6, 6.07) is 8.95. The quantitative estimate of drug-likeness (QED) is 0.357. The molecule has 2 aliphatic rings. The van der Waals surface area contributed by atoms with Gasteiger partial charge in [0.15, 0.2) is 0 Å². The Kier molecular flexibility index (Phi) is 9.57. The van der Waals surface area contributed by atoms with E-state index in [9.17, 15) is 4.39 Å². The van der Waals surface area contributed by atoms with Crippen molar-refractivity contribution in [2.24, 2.45) is 17.8 Å². The second kappa shape index (κ2) is 12.4. The van der Waals surface area contributed by atoms with Gasteiger partial charge in [-0.15, -0.1) is 0 Å². The van der Waals surface area contributed by atoms with E-state index >= 15 is 0 Å². The van der Waals surface area contributed by atoms with Crippen molar-refractivity contribution in [2.45, 2.75) is 96.3 Å². The molecule has 0 atom stereocenters. The molecule has 0 saturated heterocycles. The van der Waals surface area contributed by atoms with E-state index in [-0.39, 0.29) is 0 Å². The van der Waals surface area contributed by atoms with Crippen LogP contribution in [0.2, 0.25) is 0 Å². The minimum Gasteiger partial charge on any atom is -0.494 e. The first-order chi connectivity index (χ1) is 14.3. The molecule has 0 bridgehead atoms. The van der Waals surface area contributed by atoms with Gasteiger partial charge in [0.1, 0.15) is 5.75 Å². The first-order valence-electron chi connectivity index (χ1n) is 12.3. The minimum absolute atomic E-state index is 0.707. The molecule has 2 aliphatic carbocycles. The monoisotopic (exact) mass is 400 g/mol. The third kappa shape index (κ3) is 7.15. The summed E-state index contributed by atoms with van der Waals surface area (Å²) in [4.78, 5) is 0. The van der Waals surface area contributed by atoms with Gasteiger partial charge in [0.2, 0.25) is 0 Å². The molecule has 2 heteroatoms. The first kappa shape index (κ1) is 22.4. The van der Waals surface area contributed by atoms with Gasteiger partial charge in [-0.25, -0.2) is 4.39 Å². The van der Waals surface area contributed by atoms with E-state index < -0.39 is 0 Å². The zero-order chi connectivity index (χ0) is 20.3. The highest BCUT2D eigenvalue weighted by Gasteiger charge is 2.31. The molecule has 0 amide bonds. The van der Waals surface area contributed by atoms with Gasteiger partial charge in [-0.1, -0.05) is 50.8 Å². The molecule has 3 rings (SSSR count). The molecule has 2 saturated carbocycles. The molecule has 29 heavy (non-hydrogen) atoms. The lowest BCUT2D eigenvalue weighted by Crippen LogP contribution is -2.25. The number of halogens is 1. The van der Waals surface area contributed by atoms with E-state index in [1.807, 2.05) is 0 Å². The highest BCUT2D eigenvalue weighted by molar-refractivity contribution is 5.29. The average Bonchev–Trinajstić information content (AvgIpc) is 2.78. The Labute approximate surface area is 178 Å². The van der Waals surface area contributed by atoms with Crippen molar-refractivity contribution in [1.82, 2.24) is 0 Å². The summed E-state index contributed by atoms with van der Waals surface area (Å²) in [7, 11) is 0. The van der Waals surface area contributed by atoms with Gasteiger partial charge in [0, 0.05) is 0 Å². The van der Waals surface area contributed by atoms with E-state index in [1.54, 1.807) is 6.08 Å². The molecular weight excluding hydrogens is 359 g/mol. The molecule has 2 fully saturated rings. The molecule has 162 valence electrons. The molecule has 0 N–H and O–H groups in total. The summed E-state index contributed by atoms with van der Waals surface area (Å²) >= 11 is 0. The maximum Gasteiger partial charge on any atom is 0.119 e. The fraction of sp³-hybridized carbons (Fsp3) is 0.704. The fourth-order valence-corrected chi connectivity index (χ4v) is 5.65. The van der Waals surface area contributed by atoms with Gasteiger partial charge in [-0.3, -0.25) is 0 Å². The van der Waals surface area contributed by atoms with Crippen molar-refractivity contribution in [3.05, 3.63) is 42.2 Å². The molecule has 0 aliphatic heterocycles. The summed E-state index contributed by atoms with van der Waals surface area (Å²) in [5.74, 6) is 4.49. The summed E-state index contributed by atoms with van der Waals surface area (Å²) in [6.07, 6.45) is 19.2. The van der Waals surface area contributed by atoms with Crippen molar-refractivity contribution in [3.8, 4) is 5.75 Å². The SMILES string of the molecule is CCCCCOc1ccc([C@H]2CC[C@H]([C@H]3CC[C@H](CCC=CF)CC3)CC2)cc1. The molecule has 1 aromatic rings. The van der Waals surface area contributed by atoms with E-state index in [1.165, 1.54) is 76.2 Å². The minimum atomic E-state index is 0.707. The van der Waals surface area contributed by atoms with Crippen LogP contribution in [0.4, 0.5) is 4.39 Å². The Morgan fingerprint density at radius 2 is 1.55 bits per heavy atom. The average molecular weight is 401 g/mol. The third-order valence-corrected chi connectivity index (χ3v) is 7.53. The van der Waals surface area contributed by atoms with Crippen LogP contribution in [0, 0.1) is 17.8 Å². The molecule has 1 nitrogen and oxygen atoms in total. The molecule has 0 spiro atoms. The van der Waals surface area contributed by atoms with Crippen LogP contribution in [0.3, 0.4) is 0 Å². The molecular formula is C27H41FO. The van der Waals surface area contributed by atoms with Crippen LogP contribution in [0.15, 0.2) is 36.7 Å². The van der Waals surface area contributed by atoms with Crippen LogP contribution in [0.1, 0.15) is 102 Å². The Bertz CT molecular complexity index is 577. The van der Waals surface area contributed by atoms with Crippen LogP contribution in [-0.4, -0.2) is 6.61 Å². The number of allylic oxidation sites excluding steroid dienone is 1. The standard InChI is InChI=1S/C27H41FO/c1-2-3-6-21-29-27-18-16-26(17-19-27)25-14-12-24(13-15-25)23-10-8-22(9-11-23)7-4-5-20-28/h5,16-20,22-25H,2-4,6-15,21H2,1H3/t22-,23-,24-,25-. The Morgan fingerprint density at radius 1 is 0.897 bits per heavy atom. The van der Waals surface area contributed by atoms with Gasteiger partial charge in [-0.2, -0.15) is 0 Å². The summed E-state index contributed by atoms with van der Waals surface area (Å²) in [5.41, 5.74) is 1.51. The first-order valence-corrected chi connectivity index (χ1v) is 12.3. The highest BCUT2D eigenvalue weighted by Crippen LogP contribution is 2.44. The molecule has 0 unspecified atom stereocenters. The van der Waals surface area contributed by atoms with Crippen LogP contribution in [-0.2, 0) is 0 Å². The van der Waals surface area contributed by atoms with Crippen molar-refractivity contribution >= 4 is 0 Å². The Hall–Kier alpha value is -1.31. The third-order valence-electron chi connectivity index (χ3n) is 7.53. The zero-order valence-electron chi connectivity index (χ0n) is 18.5. The van der Waals surface area contributed by atoms with E-state index in [0.29, 0.717) is 6.33 Å². The van der Waals surface area contributed by atoms with E-state index in [0.717, 1.165) is 48.9 Å².